The molecule has 30 heavy (non-hydrogen) atoms. The van der Waals surface area contributed by atoms with Gasteiger partial charge in [0.25, 0.3) is 0 Å². The number of amides is 1. The van der Waals surface area contributed by atoms with E-state index in [-0.39, 0.29) is 18.1 Å². The summed E-state index contributed by atoms with van der Waals surface area (Å²) in [5.41, 5.74) is 4.64. The molecule has 0 unspecified atom stereocenters. The van der Waals surface area contributed by atoms with Gasteiger partial charge in [-0.3, -0.25) is 4.79 Å². The zero-order chi connectivity index (χ0) is 21.5. The van der Waals surface area contributed by atoms with E-state index in [2.05, 4.69) is 26.5 Å². The minimum absolute atomic E-state index is 0.205. The summed E-state index contributed by atoms with van der Waals surface area (Å²) >= 11 is 4.92. The van der Waals surface area contributed by atoms with E-state index in [4.69, 9.17) is 9.47 Å². The average Bonchev–Trinajstić information content (AvgIpc) is 3.23. The highest BCUT2D eigenvalue weighted by molar-refractivity contribution is 9.10. The number of carbonyl (C=O) groups excluding carboxylic acids is 2. The topological polar surface area (TPSA) is 77.0 Å². The SMILES string of the molecule is COc1cc(/C=N\NC(=O)Cc2cccs2)cc(Br)c1OC(=O)c1ccc(C)cc1. The summed E-state index contributed by atoms with van der Waals surface area (Å²) < 4.78 is 11.4. The van der Waals surface area contributed by atoms with Crippen molar-refractivity contribution in [3.63, 3.8) is 0 Å². The molecule has 2 aromatic carbocycles. The Morgan fingerprint density at radius 3 is 2.63 bits per heavy atom. The molecule has 0 atom stereocenters. The first kappa shape index (κ1) is 21.7. The fraction of sp³-hybridized carbons (Fsp3) is 0.136. The number of ether oxygens (including phenoxy) is 2. The molecule has 0 saturated heterocycles. The molecule has 154 valence electrons. The third-order valence-electron chi connectivity index (χ3n) is 4.05. The molecule has 0 spiro atoms. The van der Waals surface area contributed by atoms with Gasteiger partial charge in [0, 0.05) is 4.88 Å². The highest BCUT2D eigenvalue weighted by Gasteiger charge is 2.16. The van der Waals surface area contributed by atoms with E-state index < -0.39 is 5.97 Å². The number of halogens is 1. The van der Waals surface area contributed by atoms with Gasteiger partial charge in [0.2, 0.25) is 5.91 Å². The van der Waals surface area contributed by atoms with Crippen molar-refractivity contribution in [1.29, 1.82) is 0 Å². The summed E-state index contributed by atoms with van der Waals surface area (Å²) in [4.78, 5) is 25.3. The molecule has 1 heterocycles. The third-order valence-corrected chi connectivity index (χ3v) is 5.52. The Bertz CT molecular complexity index is 1060. The molecule has 8 heteroatoms. The first-order valence-electron chi connectivity index (χ1n) is 8.97. The van der Waals surface area contributed by atoms with Crippen LogP contribution in [0.3, 0.4) is 0 Å². The van der Waals surface area contributed by atoms with Crippen molar-refractivity contribution in [2.24, 2.45) is 5.10 Å². The molecular weight excluding hydrogens is 468 g/mol. The van der Waals surface area contributed by atoms with Crippen LogP contribution in [0.1, 0.15) is 26.4 Å². The predicted octanol–water partition coefficient (Wildman–Crippen LogP) is 4.74. The third kappa shape index (κ3) is 5.77. The predicted molar refractivity (Wildman–Crippen MR) is 121 cm³/mol. The van der Waals surface area contributed by atoms with Gasteiger partial charge in [-0.15, -0.1) is 11.3 Å². The van der Waals surface area contributed by atoms with Crippen LogP contribution in [-0.4, -0.2) is 25.2 Å². The Morgan fingerprint density at radius 2 is 1.97 bits per heavy atom. The van der Waals surface area contributed by atoms with Crippen LogP contribution in [-0.2, 0) is 11.2 Å². The number of methoxy groups -OCH3 is 1. The van der Waals surface area contributed by atoms with E-state index >= 15 is 0 Å². The van der Waals surface area contributed by atoms with E-state index in [9.17, 15) is 9.59 Å². The monoisotopic (exact) mass is 486 g/mol. The largest absolute Gasteiger partial charge is 0.493 e. The Morgan fingerprint density at radius 1 is 1.20 bits per heavy atom. The number of hydrazone groups is 1. The fourth-order valence-electron chi connectivity index (χ4n) is 2.54. The summed E-state index contributed by atoms with van der Waals surface area (Å²) in [5.74, 6) is -0.0715. The fourth-order valence-corrected chi connectivity index (χ4v) is 3.79. The smallest absolute Gasteiger partial charge is 0.343 e. The average molecular weight is 487 g/mol. The number of benzene rings is 2. The second-order valence-electron chi connectivity index (χ2n) is 6.34. The summed E-state index contributed by atoms with van der Waals surface area (Å²) in [6.45, 7) is 1.94. The lowest BCUT2D eigenvalue weighted by atomic mass is 10.1. The molecule has 3 aromatic rings. The summed E-state index contributed by atoms with van der Waals surface area (Å²) in [7, 11) is 1.48. The lowest BCUT2D eigenvalue weighted by Gasteiger charge is -2.12. The van der Waals surface area contributed by atoms with Crippen LogP contribution in [0.4, 0.5) is 0 Å². The minimum atomic E-state index is -0.490. The normalized spacial score (nSPS) is 10.8. The van der Waals surface area contributed by atoms with Gasteiger partial charge >= 0.3 is 5.97 Å². The van der Waals surface area contributed by atoms with Crippen molar-refractivity contribution in [1.82, 2.24) is 5.43 Å². The maximum absolute atomic E-state index is 12.4. The van der Waals surface area contributed by atoms with Crippen LogP contribution in [0.15, 0.2) is 63.5 Å². The van der Waals surface area contributed by atoms with Crippen LogP contribution < -0.4 is 14.9 Å². The molecule has 0 bridgehead atoms. The van der Waals surface area contributed by atoms with Crippen LogP contribution in [0, 0.1) is 6.92 Å². The van der Waals surface area contributed by atoms with Crippen molar-refractivity contribution < 1.29 is 19.1 Å². The first-order valence-corrected chi connectivity index (χ1v) is 10.6. The van der Waals surface area contributed by atoms with E-state index in [1.807, 2.05) is 36.6 Å². The van der Waals surface area contributed by atoms with Gasteiger partial charge in [-0.1, -0.05) is 23.8 Å². The highest BCUT2D eigenvalue weighted by Crippen LogP contribution is 2.36. The maximum atomic E-state index is 12.4. The van der Waals surface area contributed by atoms with Gasteiger partial charge in [0.1, 0.15) is 0 Å². The van der Waals surface area contributed by atoms with Crippen molar-refractivity contribution in [3.8, 4) is 11.5 Å². The Hall–Kier alpha value is -2.97. The number of nitrogens with one attached hydrogen (secondary N) is 1. The van der Waals surface area contributed by atoms with E-state index in [0.717, 1.165) is 10.4 Å². The molecule has 0 aliphatic heterocycles. The molecule has 3 rings (SSSR count). The van der Waals surface area contributed by atoms with Crippen molar-refractivity contribution in [2.75, 3.05) is 7.11 Å². The van der Waals surface area contributed by atoms with E-state index in [1.165, 1.54) is 24.7 Å². The molecule has 0 saturated carbocycles. The second kappa shape index (κ2) is 10.2. The van der Waals surface area contributed by atoms with Crippen molar-refractivity contribution in [2.45, 2.75) is 13.3 Å². The van der Waals surface area contributed by atoms with Crippen LogP contribution in [0.2, 0.25) is 0 Å². The number of rotatable bonds is 7. The minimum Gasteiger partial charge on any atom is -0.493 e. The van der Waals surface area contributed by atoms with Gasteiger partial charge in [-0.25, -0.2) is 10.2 Å². The number of hydrogen-bond acceptors (Lipinski definition) is 6. The number of hydrogen-bond donors (Lipinski definition) is 1. The molecule has 1 amide bonds. The Kier molecular flexibility index (Phi) is 7.37. The number of thiophene rings is 1. The molecular formula is C22H19BrN2O4S. The van der Waals surface area contributed by atoms with Gasteiger partial charge in [-0.05, 0) is 64.1 Å². The summed E-state index contributed by atoms with van der Waals surface area (Å²) in [6.07, 6.45) is 1.76. The molecule has 0 aliphatic carbocycles. The van der Waals surface area contributed by atoms with Crippen LogP contribution in [0.5, 0.6) is 11.5 Å². The van der Waals surface area contributed by atoms with Gasteiger partial charge in [0.05, 0.1) is 29.8 Å². The molecule has 1 aromatic heterocycles. The summed E-state index contributed by atoms with van der Waals surface area (Å²) in [6, 6.07) is 14.3. The zero-order valence-electron chi connectivity index (χ0n) is 16.3. The zero-order valence-corrected chi connectivity index (χ0v) is 18.7. The van der Waals surface area contributed by atoms with Crippen LogP contribution in [0.25, 0.3) is 0 Å². The van der Waals surface area contributed by atoms with Gasteiger partial charge in [0.15, 0.2) is 11.5 Å². The first-order chi connectivity index (χ1) is 14.5. The Balaban J connectivity index is 1.69. The van der Waals surface area contributed by atoms with E-state index in [1.54, 1.807) is 24.3 Å². The summed E-state index contributed by atoms with van der Waals surface area (Å²) in [5, 5.41) is 5.90. The number of esters is 1. The standard InChI is InChI=1S/C22H19BrN2O4S/c1-14-5-7-16(8-6-14)22(27)29-21-18(23)10-15(11-19(21)28-2)13-24-25-20(26)12-17-4-3-9-30-17/h3-11,13H,12H2,1-2H3,(H,25,26)/b24-13-. The quantitative estimate of drug-likeness (QED) is 0.226. The molecule has 0 radical (unpaired) electrons. The number of aryl methyl sites for hydroxylation is 1. The molecule has 0 aliphatic rings. The van der Waals surface area contributed by atoms with Crippen LogP contribution >= 0.6 is 27.3 Å². The maximum Gasteiger partial charge on any atom is 0.343 e. The highest BCUT2D eigenvalue weighted by atomic mass is 79.9. The molecule has 0 fully saturated rings. The lowest BCUT2D eigenvalue weighted by molar-refractivity contribution is -0.120. The lowest BCUT2D eigenvalue weighted by Crippen LogP contribution is -2.19. The number of nitrogens with zero attached hydrogens (tertiary/aromatic N) is 1. The van der Waals surface area contributed by atoms with Crippen molar-refractivity contribution >= 4 is 45.4 Å². The molecule has 6 nitrogen and oxygen atoms in total. The van der Waals surface area contributed by atoms with Gasteiger partial charge in [-0.2, -0.15) is 5.10 Å². The Labute approximate surface area is 186 Å². The van der Waals surface area contributed by atoms with Gasteiger partial charge < -0.3 is 9.47 Å². The van der Waals surface area contributed by atoms with E-state index in [0.29, 0.717) is 21.3 Å². The molecule has 1 N–H and O–H groups in total. The second-order valence-corrected chi connectivity index (χ2v) is 8.23. The van der Waals surface area contributed by atoms with Crippen molar-refractivity contribution in [3.05, 3.63) is 80.0 Å². The number of carbonyl (C=O) groups is 2.